The molecule has 0 spiro atoms. The Morgan fingerprint density at radius 2 is 0.923 bits per heavy atom. The van der Waals surface area contributed by atoms with Crippen molar-refractivity contribution >= 4 is 98.4 Å². The summed E-state index contributed by atoms with van der Waals surface area (Å²) < 4.78 is 150. The van der Waals surface area contributed by atoms with Crippen molar-refractivity contribution < 1.29 is 76.6 Å². The molecule has 25 heteroatoms. The SMILES string of the molecule is CCS(=O)(=O)Nc1cc(COc2c(C)cc(NC(=O)CC(=O)OC(=O)CC(=O)Nc3cc(Br)c(OCc4cc(NS(=O)(=O)CC)cc(C(F)(F)F)c4)c(Br)c3)cc2C)cc(C(F)(F)F)c1. The molecule has 0 aromatic heterocycles. The second-order valence-electron chi connectivity index (χ2n) is 13.9. The molecule has 0 aliphatic rings. The van der Waals surface area contributed by atoms with Crippen LogP contribution in [0.25, 0.3) is 0 Å². The van der Waals surface area contributed by atoms with E-state index in [0.29, 0.717) is 23.3 Å². The zero-order chi connectivity index (χ0) is 48.7. The highest BCUT2D eigenvalue weighted by atomic mass is 79.9. The van der Waals surface area contributed by atoms with E-state index in [1.54, 1.807) is 13.8 Å². The molecule has 0 saturated carbocycles. The van der Waals surface area contributed by atoms with Crippen LogP contribution in [0.1, 0.15) is 60.1 Å². The summed E-state index contributed by atoms with van der Waals surface area (Å²) in [5.74, 6) is -4.85. The van der Waals surface area contributed by atoms with E-state index in [9.17, 15) is 62.4 Å². The molecule has 0 radical (unpaired) electrons. The van der Waals surface area contributed by atoms with Crippen LogP contribution in [0.3, 0.4) is 0 Å². The summed E-state index contributed by atoms with van der Waals surface area (Å²) >= 11 is 6.48. The summed E-state index contributed by atoms with van der Waals surface area (Å²) in [5, 5.41) is 4.85. The van der Waals surface area contributed by atoms with Gasteiger partial charge in [-0.1, -0.05) is 0 Å². The number of carbonyl (C=O) groups excluding carboxylic acids is 4. The number of amides is 2. The predicted molar refractivity (Wildman–Crippen MR) is 233 cm³/mol. The maximum absolute atomic E-state index is 13.6. The van der Waals surface area contributed by atoms with E-state index in [1.165, 1.54) is 50.2 Å². The first-order valence-corrected chi connectivity index (χ1v) is 23.6. The third kappa shape index (κ3) is 15.9. The van der Waals surface area contributed by atoms with E-state index in [2.05, 4.69) is 56.7 Å². The second-order valence-corrected chi connectivity index (χ2v) is 19.7. The minimum Gasteiger partial charge on any atom is -0.488 e. The van der Waals surface area contributed by atoms with Crippen LogP contribution in [-0.2, 0) is 69.5 Å². The van der Waals surface area contributed by atoms with Crippen LogP contribution in [0.4, 0.5) is 49.1 Å². The molecule has 4 aromatic rings. The summed E-state index contributed by atoms with van der Waals surface area (Å²) in [5.41, 5.74) is -1.72. The number of anilines is 4. The Morgan fingerprint density at radius 1 is 0.554 bits per heavy atom. The third-order valence-corrected chi connectivity index (χ3v) is 12.4. The zero-order valence-corrected chi connectivity index (χ0v) is 39.2. The Balaban J connectivity index is 1.30. The van der Waals surface area contributed by atoms with Crippen LogP contribution in [0.5, 0.6) is 11.5 Å². The molecule has 0 fully saturated rings. The van der Waals surface area contributed by atoms with Crippen LogP contribution < -0.4 is 29.6 Å². The van der Waals surface area contributed by atoms with Crippen molar-refractivity contribution in [1.82, 2.24) is 0 Å². The number of esters is 2. The number of alkyl halides is 6. The van der Waals surface area contributed by atoms with Crippen molar-refractivity contribution in [2.24, 2.45) is 0 Å². The van der Waals surface area contributed by atoms with E-state index in [1.807, 2.05) is 0 Å². The smallest absolute Gasteiger partial charge is 0.416 e. The molecule has 0 unspecified atom stereocenters. The number of hydrogen-bond acceptors (Lipinski definition) is 11. The third-order valence-electron chi connectivity index (χ3n) is 8.58. The van der Waals surface area contributed by atoms with E-state index in [-0.39, 0.29) is 72.4 Å². The molecule has 4 N–H and O–H groups in total. The summed E-state index contributed by atoms with van der Waals surface area (Å²) in [6.07, 6.45) is -11.5. The van der Waals surface area contributed by atoms with Gasteiger partial charge < -0.3 is 24.8 Å². The molecule has 0 saturated heterocycles. The van der Waals surface area contributed by atoms with E-state index < -0.39 is 86.7 Å². The van der Waals surface area contributed by atoms with Gasteiger partial charge in [-0.05, 0) is 142 Å². The van der Waals surface area contributed by atoms with Crippen LogP contribution >= 0.6 is 31.9 Å². The Morgan fingerprint density at radius 3 is 1.29 bits per heavy atom. The number of benzene rings is 4. The first kappa shape index (κ1) is 52.2. The predicted octanol–water partition coefficient (Wildman–Crippen LogP) is 8.97. The van der Waals surface area contributed by atoms with E-state index in [4.69, 9.17) is 9.47 Å². The molecular weight excluding hydrogens is 1050 g/mol. The fraction of sp³-hybridized carbons (Fsp3) is 0.300. The topological polar surface area (TPSA) is 212 Å². The molecule has 0 atom stereocenters. The molecule has 15 nitrogen and oxygen atoms in total. The lowest BCUT2D eigenvalue weighted by Crippen LogP contribution is -2.23. The lowest BCUT2D eigenvalue weighted by molar-refractivity contribution is -0.160. The fourth-order valence-electron chi connectivity index (χ4n) is 5.70. The molecule has 4 rings (SSSR count). The van der Waals surface area contributed by atoms with Crippen molar-refractivity contribution in [2.45, 2.75) is 66.1 Å². The van der Waals surface area contributed by atoms with E-state index in [0.717, 1.165) is 12.1 Å². The first-order chi connectivity index (χ1) is 30.1. The van der Waals surface area contributed by atoms with Crippen LogP contribution in [0, 0.1) is 13.8 Å². The van der Waals surface area contributed by atoms with Gasteiger partial charge in [0.25, 0.3) is 0 Å². The number of nitrogens with one attached hydrogen (secondary N) is 4. The first-order valence-electron chi connectivity index (χ1n) is 18.7. The molecule has 0 aliphatic heterocycles. The molecule has 352 valence electrons. The minimum absolute atomic E-state index is 0.00830. The number of rotatable bonds is 18. The molecule has 0 aliphatic carbocycles. The number of aryl methyl sites for hydroxylation is 2. The van der Waals surface area contributed by atoms with Gasteiger partial charge in [-0.25, -0.2) is 16.8 Å². The van der Waals surface area contributed by atoms with Crippen LogP contribution in [0.2, 0.25) is 0 Å². The average Bonchev–Trinajstić information content (AvgIpc) is 3.15. The monoisotopic (exact) mass is 1090 g/mol. The molecule has 2 amide bonds. The van der Waals surface area contributed by atoms with Crippen molar-refractivity contribution in [3.8, 4) is 11.5 Å². The lowest BCUT2D eigenvalue weighted by atomic mass is 10.1. The summed E-state index contributed by atoms with van der Waals surface area (Å²) in [6, 6.07) is 10.9. The van der Waals surface area contributed by atoms with Gasteiger partial charge in [0, 0.05) is 22.7 Å². The van der Waals surface area contributed by atoms with Gasteiger partial charge >= 0.3 is 24.3 Å². The lowest BCUT2D eigenvalue weighted by Gasteiger charge is -2.17. The number of sulfonamides is 2. The molecule has 4 aromatic carbocycles. The molecule has 65 heavy (non-hydrogen) atoms. The van der Waals surface area contributed by atoms with Gasteiger partial charge in [0.05, 0.1) is 31.6 Å². The molecular formula is C40H38Br2F6N4O11S2. The van der Waals surface area contributed by atoms with Gasteiger partial charge in [-0.2, -0.15) is 26.3 Å². The highest BCUT2D eigenvalue weighted by Gasteiger charge is 2.33. The standard InChI is InChI=1S/C40H38Br2F6N4O11S2/c1-5-64(57,58)51-29-11-23(9-25(13-29)39(43,44)45)19-61-37-21(3)7-27(8-22(37)4)49-33(53)17-35(55)63-36(56)18-34(54)50-28-15-31(41)38(32(42)16-28)62-20-24-10-26(40(46,47)48)14-30(12-24)52-65(59,60)6-2/h7-16,51-52H,5-6,17-20H2,1-4H3,(H,49,53)(H,50,54). The highest BCUT2D eigenvalue weighted by molar-refractivity contribution is 9.11. The van der Waals surface area contributed by atoms with Gasteiger partial charge in [-0.15, -0.1) is 0 Å². The Hall–Kier alpha value is -5.40. The fourth-order valence-corrected chi connectivity index (χ4v) is 8.36. The van der Waals surface area contributed by atoms with Crippen molar-refractivity contribution in [3.05, 3.63) is 103 Å². The Bertz CT molecular complexity index is 2490. The Kier molecular flexibility index (Phi) is 17.1. The largest absolute Gasteiger partial charge is 0.488 e. The van der Waals surface area contributed by atoms with Crippen molar-refractivity contribution in [1.29, 1.82) is 0 Å². The minimum atomic E-state index is -4.80. The van der Waals surface area contributed by atoms with Gasteiger partial charge in [0.15, 0.2) is 0 Å². The molecule has 0 heterocycles. The summed E-state index contributed by atoms with van der Waals surface area (Å²) in [7, 11) is -7.78. The molecule has 0 bridgehead atoms. The van der Waals surface area contributed by atoms with Crippen molar-refractivity contribution in [3.63, 3.8) is 0 Å². The average molecular weight is 1090 g/mol. The second kappa shape index (κ2) is 21.3. The number of ether oxygens (including phenoxy) is 3. The van der Waals surface area contributed by atoms with E-state index >= 15 is 0 Å². The number of hydrogen-bond donors (Lipinski definition) is 4. The zero-order valence-electron chi connectivity index (χ0n) is 34.3. The van der Waals surface area contributed by atoms with Crippen molar-refractivity contribution in [2.75, 3.05) is 31.6 Å². The van der Waals surface area contributed by atoms with Gasteiger partial charge in [-0.3, -0.25) is 28.6 Å². The van der Waals surface area contributed by atoms with Gasteiger partial charge in [0.2, 0.25) is 31.9 Å². The number of halogens is 8. The number of carbonyl (C=O) groups is 4. The summed E-state index contributed by atoms with van der Waals surface area (Å²) in [6.45, 7) is 4.96. The Labute approximate surface area is 385 Å². The summed E-state index contributed by atoms with van der Waals surface area (Å²) in [4.78, 5) is 50.0. The van der Waals surface area contributed by atoms with Crippen LogP contribution in [0.15, 0.2) is 69.6 Å². The quantitative estimate of drug-likeness (QED) is 0.0420. The maximum Gasteiger partial charge on any atom is 0.416 e. The highest BCUT2D eigenvalue weighted by Crippen LogP contribution is 2.39. The van der Waals surface area contributed by atoms with Crippen LogP contribution in [-0.4, -0.2) is 52.1 Å². The normalized spacial score (nSPS) is 11.9. The van der Waals surface area contributed by atoms with Gasteiger partial charge in [0.1, 0.15) is 37.6 Å². The maximum atomic E-state index is 13.6.